The third-order valence-corrected chi connectivity index (χ3v) is 4.92. The average Bonchev–Trinajstić information content (AvgIpc) is 2.38. The largest absolute Gasteiger partial charge is 0.307 e. The predicted molar refractivity (Wildman–Crippen MR) is 83.2 cm³/mol. The lowest BCUT2D eigenvalue weighted by molar-refractivity contribution is 0.520. The summed E-state index contributed by atoms with van der Waals surface area (Å²) in [5.41, 5.74) is 2.35. The summed E-state index contributed by atoms with van der Waals surface area (Å²) < 4.78 is 25.1. The van der Waals surface area contributed by atoms with Crippen LogP contribution in [-0.4, -0.2) is 33.4 Å². The van der Waals surface area contributed by atoms with Crippen LogP contribution in [0, 0.1) is 0 Å². The zero-order valence-electron chi connectivity index (χ0n) is 12.8. The van der Waals surface area contributed by atoms with Crippen molar-refractivity contribution >= 4 is 10.0 Å². The minimum Gasteiger partial charge on any atom is -0.307 e. The van der Waals surface area contributed by atoms with Crippen LogP contribution in [0.15, 0.2) is 40.8 Å². The van der Waals surface area contributed by atoms with Crippen molar-refractivity contribution < 1.29 is 8.42 Å². The van der Waals surface area contributed by atoms with E-state index >= 15 is 0 Å². The van der Waals surface area contributed by atoms with Crippen molar-refractivity contribution in [2.24, 2.45) is 0 Å². The number of hydrogen-bond donors (Lipinski definition) is 1. The summed E-state index contributed by atoms with van der Waals surface area (Å²) in [6.07, 6.45) is 2.13. The van der Waals surface area contributed by atoms with Gasteiger partial charge in [-0.25, -0.2) is 12.7 Å². The van der Waals surface area contributed by atoms with Gasteiger partial charge in [-0.15, -0.1) is 0 Å². The van der Waals surface area contributed by atoms with E-state index in [2.05, 4.69) is 32.2 Å². The molecule has 0 saturated heterocycles. The molecule has 112 valence electrons. The van der Waals surface area contributed by atoms with Crippen molar-refractivity contribution in [2.45, 2.75) is 31.7 Å². The summed E-state index contributed by atoms with van der Waals surface area (Å²) >= 11 is 0. The standard InChI is InChI=1S/C15H24N2O2S/c1-12(2)10-11-16-13(3)14-6-8-15(9-7-14)20(18,19)17(4)5/h6-10,13,16H,11H2,1-5H3. The second kappa shape index (κ2) is 7.02. The molecular formula is C15H24N2O2S. The fourth-order valence-corrected chi connectivity index (χ4v) is 2.60. The molecule has 1 rings (SSSR count). The lowest BCUT2D eigenvalue weighted by Crippen LogP contribution is -2.22. The lowest BCUT2D eigenvalue weighted by atomic mass is 10.1. The van der Waals surface area contributed by atoms with Crippen molar-refractivity contribution in [1.82, 2.24) is 9.62 Å². The molecule has 0 radical (unpaired) electrons. The van der Waals surface area contributed by atoms with Gasteiger partial charge in [-0.1, -0.05) is 23.8 Å². The van der Waals surface area contributed by atoms with Crippen LogP contribution in [0.1, 0.15) is 32.4 Å². The van der Waals surface area contributed by atoms with E-state index in [0.29, 0.717) is 4.90 Å². The molecule has 0 aromatic heterocycles. The van der Waals surface area contributed by atoms with Gasteiger partial charge in [-0.3, -0.25) is 0 Å². The second-order valence-electron chi connectivity index (χ2n) is 5.27. The Morgan fingerprint density at radius 1 is 1.25 bits per heavy atom. The van der Waals surface area contributed by atoms with Gasteiger partial charge in [0, 0.05) is 26.7 Å². The van der Waals surface area contributed by atoms with Gasteiger partial charge in [0.1, 0.15) is 0 Å². The molecule has 0 fully saturated rings. The first-order valence-corrected chi connectivity index (χ1v) is 8.08. The van der Waals surface area contributed by atoms with Gasteiger partial charge < -0.3 is 5.32 Å². The van der Waals surface area contributed by atoms with Crippen LogP contribution in [0.3, 0.4) is 0 Å². The van der Waals surface area contributed by atoms with Gasteiger partial charge in [0.15, 0.2) is 0 Å². The molecule has 1 atom stereocenters. The van der Waals surface area contributed by atoms with Crippen molar-refractivity contribution in [3.05, 3.63) is 41.5 Å². The van der Waals surface area contributed by atoms with Crippen molar-refractivity contribution in [3.63, 3.8) is 0 Å². The Morgan fingerprint density at radius 3 is 2.25 bits per heavy atom. The molecule has 4 nitrogen and oxygen atoms in total. The molecule has 0 amide bonds. The first-order chi connectivity index (χ1) is 9.25. The highest BCUT2D eigenvalue weighted by atomic mass is 32.2. The van der Waals surface area contributed by atoms with Gasteiger partial charge in [0.2, 0.25) is 10.0 Å². The Labute approximate surface area is 122 Å². The SMILES string of the molecule is CC(C)=CCNC(C)c1ccc(S(=O)(=O)N(C)C)cc1. The number of allylic oxidation sites excluding steroid dienone is 1. The summed E-state index contributed by atoms with van der Waals surface area (Å²) in [7, 11) is -0.275. The number of benzene rings is 1. The van der Waals surface area contributed by atoms with E-state index in [1.165, 1.54) is 24.0 Å². The zero-order valence-corrected chi connectivity index (χ0v) is 13.7. The van der Waals surface area contributed by atoms with Crippen LogP contribution in [0.2, 0.25) is 0 Å². The number of rotatable bonds is 6. The Balaban J connectivity index is 2.79. The minimum atomic E-state index is -3.34. The van der Waals surface area contributed by atoms with Gasteiger partial charge in [-0.05, 0) is 38.5 Å². The first kappa shape index (κ1) is 16.9. The third-order valence-electron chi connectivity index (χ3n) is 3.09. The monoisotopic (exact) mass is 296 g/mol. The summed E-state index contributed by atoms with van der Waals surface area (Å²) in [5.74, 6) is 0. The van der Waals surface area contributed by atoms with E-state index in [1.807, 2.05) is 12.1 Å². The highest BCUT2D eigenvalue weighted by molar-refractivity contribution is 7.89. The van der Waals surface area contributed by atoms with E-state index in [0.717, 1.165) is 12.1 Å². The third kappa shape index (κ3) is 4.44. The van der Waals surface area contributed by atoms with E-state index in [4.69, 9.17) is 0 Å². The molecule has 0 aliphatic carbocycles. The second-order valence-corrected chi connectivity index (χ2v) is 7.42. The maximum absolute atomic E-state index is 12.0. The molecule has 1 aromatic rings. The number of nitrogens with one attached hydrogen (secondary N) is 1. The zero-order chi connectivity index (χ0) is 15.3. The van der Waals surface area contributed by atoms with Gasteiger partial charge >= 0.3 is 0 Å². The van der Waals surface area contributed by atoms with Gasteiger partial charge in [0.25, 0.3) is 0 Å². The van der Waals surface area contributed by atoms with Crippen LogP contribution >= 0.6 is 0 Å². The van der Waals surface area contributed by atoms with Crippen molar-refractivity contribution in [2.75, 3.05) is 20.6 Å². The maximum atomic E-state index is 12.0. The number of nitrogens with zero attached hydrogens (tertiary/aromatic N) is 1. The number of hydrogen-bond acceptors (Lipinski definition) is 3. The molecule has 0 spiro atoms. The predicted octanol–water partition coefficient (Wildman–Crippen LogP) is 2.55. The Kier molecular flexibility index (Phi) is 5.92. The molecule has 5 heteroatoms. The van der Waals surface area contributed by atoms with Crippen LogP contribution < -0.4 is 5.32 Å². The molecule has 1 N–H and O–H groups in total. The molecule has 20 heavy (non-hydrogen) atoms. The van der Waals surface area contributed by atoms with E-state index in [-0.39, 0.29) is 6.04 Å². The van der Waals surface area contributed by atoms with Crippen molar-refractivity contribution in [3.8, 4) is 0 Å². The summed E-state index contributed by atoms with van der Waals surface area (Å²) in [6, 6.07) is 7.21. The fourth-order valence-electron chi connectivity index (χ4n) is 1.70. The normalized spacial score (nSPS) is 13.3. The summed E-state index contributed by atoms with van der Waals surface area (Å²) in [6.45, 7) is 7.00. The highest BCUT2D eigenvalue weighted by Crippen LogP contribution is 2.18. The van der Waals surface area contributed by atoms with Crippen LogP contribution in [0.5, 0.6) is 0 Å². The molecular weight excluding hydrogens is 272 g/mol. The summed E-state index contributed by atoms with van der Waals surface area (Å²) in [5, 5.41) is 3.37. The molecule has 0 aliphatic rings. The van der Waals surface area contributed by atoms with Crippen LogP contribution in [0.25, 0.3) is 0 Å². The molecule has 0 bridgehead atoms. The molecule has 0 saturated carbocycles. The van der Waals surface area contributed by atoms with Crippen LogP contribution in [0.4, 0.5) is 0 Å². The smallest absolute Gasteiger partial charge is 0.242 e. The first-order valence-electron chi connectivity index (χ1n) is 6.64. The summed E-state index contributed by atoms with van der Waals surface area (Å²) in [4.78, 5) is 0.322. The van der Waals surface area contributed by atoms with Gasteiger partial charge in [-0.2, -0.15) is 0 Å². The van der Waals surface area contributed by atoms with E-state index in [1.54, 1.807) is 12.1 Å². The molecule has 1 aromatic carbocycles. The lowest BCUT2D eigenvalue weighted by Gasteiger charge is -2.15. The topological polar surface area (TPSA) is 49.4 Å². The van der Waals surface area contributed by atoms with Gasteiger partial charge in [0.05, 0.1) is 4.90 Å². The molecule has 0 aliphatic heterocycles. The Hall–Kier alpha value is -1.17. The Morgan fingerprint density at radius 2 is 1.80 bits per heavy atom. The van der Waals surface area contributed by atoms with E-state index in [9.17, 15) is 8.42 Å². The Bertz CT molecular complexity index is 556. The fraction of sp³-hybridized carbons (Fsp3) is 0.467. The maximum Gasteiger partial charge on any atom is 0.242 e. The van der Waals surface area contributed by atoms with Crippen LogP contribution in [-0.2, 0) is 10.0 Å². The highest BCUT2D eigenvalue weighted by Gasteiger charge is 2.17. The number of sulfonamides is 1. The van der Waals surface area contributed by atoms with Crippen molar-refractivity contribution in [1.29, 1.82) is 0 Å². The quantitative estimate of drug-likeness (QED) is 0.821. The molecule has 1 unspecified atom stereocenters. The van der Waals surface area contributed by atoms with E-state index < -0.39 is 10.0 Å². The minimum absolute atomic E-state index is 0.182. The average molecular weight is 296 g/mol. The molecule has 0 heterocycles.